The van der Waals surface area contributed by atoms with E-state index in [-0.39, 0.29) is 22.9 Å². The molecular weight excluding hydrogens is 475 g/mol. The lowest BCUT2D eigenvalue weighted by Crippen LogP contribution is -1.99. The third-order valence-corrected chi connectivity index (χ3v) is 5.31. The van der Waals surface area contributed by atoms with Gasteiger partial charge in [-0.25, -0.2) is 0 Å². The zero-order chi connectivity index (χ0) is 23.3. The number of hydrogen-bond donors (Lipinski definition) is 0. The van der Waals surface area contributed by atoms with Crippen LogP contribution in [0, 0.1) is 21.4 Å². The van der Waals surface area contributed by atoms with Crippen molar-refractivity contribution in [3.8, 4) is 17.6 Å². The molecule has 3 aromatic rings. The molecule has 0 N–H and O–H groups in total. The van der Waals surface area contributed by atoms with Crippen LogP contribution in [-0.2, 0) is 6.61 Å². The summed E-state index contributed by atoms with van der Waals surface area (Å²) >= 11 is 18.5. The molecule has 0 saturated heterocycles. The highest BCUT2D eigenvalue weighted by atomic mass is 35.5. The quantitative estimate of drug-likeness (QED) is 0.151. The molecule has 0 spiro atoms. The van der Waals surface area contributed by atoms with Crippen molar-refractivity contribution < 1.29 is 14.4 Å². The fourth-order valence-corrected chi connectivity index (χ4v) is 3.62. The zero-order valence-corrected chi connectivity index (χ0v) is 18.9. The molecule has 0 aromatic heterocycles. The van der Waals surface area contributed by atoms with Crippen molar-refractivity contribution in [2.24, 2.45) is 0 Å². The molecule has 0 saturated carbocycles. The number of nitrogens with zero attached hydrogens (tertiary/aromatic N) is 2. The number of ether oxygens (including phenoxy) is 2. The molecule has 9 heteroatoms. The van der Waals surface area contributed by atoms with Crippen LogP contribution in [-0.4, -0.2) is 12.0 Å². The third kappa shape index (κ3) is 5.51. The number of benzene rings is 3. The van der Waals surface area contributed by atoms with Crippen molar-refractivity contribution in [2.45, 2.75) is 6.61 Å². The molecule has 162 valence electrons. The molecule has 0 radical (unpaired) electrons. The number of halogens is 3. The van der Waals surface area contributed by atoms with E-state index < -0.39 is 4.92 Å². The van der Waals surface area contributed by atoms with Crippen molar-refractivity contribution >= 4 is 52.1 Å². The number of hydrogen-bond acceptors (Lipinski definition) is 5. The summed E-state index contributed by atoms with van der Waals surface area (Å²) in [6.45, 7) is 0.137. The predicted molar refractivity (Wildman–Crippen MR) is 125 cm³/mol. The van der Waals surface area contributed by atoms with Crippen molar-refractivity contribution in [2.75, 3.05) is 7.11 Å². The monoisotopic (exact) mass is 488 g/mol. The third-order valence-electron chi connectivity index (χ3n) is 4.44. The van der Waals surface area contributed by atoms with Gasteiger partial charge < -0.3 is 9.47 Å². The van der Waals surface area contributed by atoms with Crippen LogP contribution in [0.2, 0.25) is 15.1 Å². The molecule has 0 heterocycles. The Labute approximate surface area is 199 Å². The molecule has 3 rings (SSSR count). The number of non-ortho nitro benzene ring substituents is 1. The van der Waals surface area contributed by atoms with Gasteiger partial charge in [0.15, 0.2) is 11.5 Å². The summed E-state index contributed by atoms with van der Waals surface area (Å²) in [6.07, 6.45) is 1.56. The Kier molecular flexibility index (Phi) is 7.60. The van der Waals surface area contributed by atoms with E-state index in [0.29, 0.717) is 32.7 Å². The highest BCUT2D eigenvalue weighted by Gasteiger charge is 2.14. The topological polar surface area (TPSA) is 85.4 Å². The van der Waals surface area contributed by atoms with Crippen LogP contribution in [0.1, 0.15) is 16.7 Å². The summed E-state index contributed by atoms with van der Waals surface area (Å²) in [4.78, 5) is 10.5. The van der Waals surface area contributed by atoms with E-state index in [1.165, 1.54) is 25.3 Å². The first-order valence-corrected chi connectivity index (χ1v) is 10.3. The van der Waals surface area contributed by atoms with Crippen molar-refractivity contribution in [3.05, 3.63) is 96.5 Å². The van der Waals surface area contributed by atoms with Crippen molar-refractivity contribution in [1.82, 2.24) is 0 Å². The van der Waals surface area contributed by atoms with Gasteiger partial charge in [-0.15, -0.1) is 0 Å². The van der Waals surface area contributed by atoms with E-state index in [0.717, 1.165) is 5.56 Å². The van der Waals surface area contributed by atoms with Crippen LogP contribution in [0.4, 0.5) is 5.69 Å². The number of methoxy groups -OCH3 is 1. The fourth-order valence-electron chi connectivity index (χ4n) is 2.89. The molecule has 3 aromatic carbocycles. The minimum Gasteiger partial charge on any atom is -0.493 e. The van der Waals surface area contributed by atoms with Gasteiger partial charge in [0.1, 0.15) is 6.61 Å². The average molecular weight is 490 g/mol. The molecule has 0 unspecified atom stereocenters. The van der Waals surface area contributed by atoms with Gasteiger partial charge in [0.2, 0.25) is 0 Å². The van der Waals surface area contributed by atoms with Crippen molar-refractivity contribution in [1.29, 1.82) is 5.26 Å². The van der Waals surface area contributed by atoms with E-state index in [9.17, 15) is 15.4 Å². The molecule has 32 heavy (non-hydrogen) atoms. The summed E-state index contributed by atoms with van der Waals surface area (Å²) < 4.78 is 11.2. The second-order valence-electron chi connectivity index (χ2n) is 6.54. The summed E-state index contributed by atoms with van der Waals surface area (Å²) in [5.41, 5.74) is 1.81. The summed E-state index contributed by atoms with van der Waals surface area (Å²) in [6, 6.07) is 16.2. The van der Waals surface area contributed by atoms with E-state index in [2.05, 4.69) is 6.07 Å². The molecule has 0 aliphatic rings. The van der Waals surface area contributed by atoms with E-state index in [1.807, 2.05) is 0 Å². The molecule has 0 aliphatic carbocycles. The highest BCUT2D eigenvalue weighted by Crippen LogP contribution is 2.38. The first-order chi connectivity index (χ1) is 15.3. The van der Waals surface area contributed by atoms with Crippen LogP contribution >= 0.6 is 34.8 Å². The average Bonchev–Trinajstić information content (AvgIpc) is 2.77. The first-order valence-electron chi connectivity index (χ1n) is 9.13. The lowest BCUT2D eigenvalue weighted by atomic mass is 10.0. The number of nitro benzene ring substituents is 1. The van der Waals surface area contributed by atoms with Gasteiger partial charge >= 0.3 is 0 Å². The summed E-state index contributed by atoms with van der Waals surface area (Å²) in [7, 11) is 1.47. The smallest absolute Gasteiger partial charge is 0.270 e. The Morgan fingerprint density at radius 3 is 2.56 bits per heavy atom. The lowest BCUT2D eigenvalue weighted by molar-refractivity contribution is -0.384. The van der Waals surface area contributed by atoms with Gasteiger partial charge in [-0.3, -0.25) is 10.1 Å². The molecular formula is C23H15Cl3N2O4. The SMILES string of the molecule is COc1cc(/C=C(/C#N)c2cccc([N+](=O)[O-])c2)cc(Cl)c1OCc1ccc(Cl)cc1Cl. The largest absolute Gasteiger partial charge is 0.493 e. The van der Waals surface area contributed by atoms with Crippen LogP contribution < -0.4 is 9.47 Å². The van der Waals surface area contributed by atoms with Gasteiger partial charge in [-0.1, -0.05) is 53.0 Å². The van der Waals surface area contributed by atoms with Crippen LogP contribution in [0.25, 0.3) is 11.6 Å². The summed E-state index contributed by atoms with van der Waals surface area (Å²) in [5.74, 6) is 0.663. The first kappa shape index (κ1) is 23.4. The number of rotatable bonds is 7. The van der Waals surface area contributed by atoms with Gasteiger partial charge in [-0.2, -0.15) is 5.26 Å². The minimum absolute atomic E-state index is 0.108. The molecule has 0 bridgehead atoms. The Balaban J connectivity index is 1.92. The molecule has 0 aliphatic heterocycles. The standard InChI is InChI=1S/C23H15Cl3N2O4/c1-31-22-9-14(7-17(12-27)15-3-2-4-19(10-15)28(29)30)8-21(26)23(22)32-13-16-5-6-18(24)11-20(16)25/h2-11H,13H2,1H3/b17-7-. The molecule has 0 fully saturated rings. The minimum atomic E-state index is -0.516. The van der Waals surface area contributed by atoms with Gasteiger partial charge in [-0.05, 0) is 41.5 Å². The maximum Gasteiger partial charge on any atom is 0.270 e. The molecule has 6 nitrogen and oxygen atoms in total. The van der Waals surface area contributed by atoms with E-state index in [1.54, 1.807) is 42.5 Å². The predicted octanol–water partition coefficient (Wildman–Crippen LogP) is 7.21. The lowest BCUT2D eigenvalue weighted by Gasteiger charge is -2.14. The van der Waals surface area contributed by atoms with Gasteiger partial charge in [0.05, 0.1) is 28.7 Å². The highest BCUT2D eigenvalue weighted by molar-refractivity contribution is 6.35. The van der Waals surface area contributed by atoms with Crippen LogP contribution in [0.15, 0.2) is 54.6 Å². The van der Waals surface area contributed by atoms with Crippen LogP contribution in [0.5, 0.6) is 11.5 Å². The molecule has 0 amide bonds. The fraction of sp³-hybridized carbons (Fsp3) is 0.0870. The van der Waals surface area contributed by atoms with Gasteiger partial charge in [0.25, 0.3) is 5.69 Å². The Hall–Kier alpha value is -3.24. The maximum atomic E-state index is 11.0. The van der Waals surface area contributed by atoms with Gasteiger partial charge in [0, 0.05) is 27.7 Å². The van der Waals surface area contributed by atoms with E-state index >= 15 is 0 Å². The second-order valence-corrected chi connectivity index (χ2v) is 7.79. The summed E-state index contributed by atoms with van der Waals surface area (Å²) in [5, 5.41) is 21.8. The van der Waals surface area contributed by atoms with Crippen LogP contribution in [0.3, 0.4) is 0 Å². The number of allylic oxidation sites excluding steroid dienone is 1. The second kappa shape index (κ2) is 10.4. The normalized spacial score (nSPS) is 11.0. The Bertz CT molecular complexity index is 1250. The Morgan fingerprint density at radius 2 is 1.91 bits per heavy atom. The Morgan fingerprint density at radius 1 is 1.12 bits per heavy atom. The number of nitro groups is 1. The zero-order valence-electron chi connectivity index (χ0n) is 16.6. The van der Waals surface area contributed by atoms with E-state index in [4.69, 9.17) is 44.3 Å². The maximum absolute atomic E-state index is 11.0. The van der Waals surface area contributed by atoms with Crippen molar-refractivity contribution in [3.63, 3.8) is 0 Å². The molecule has 0 atom stereocenters. The number of nitriles is 1.